The Morgan fingerprint density at radius 3 is 1.47 bits per heavy atom. The maximum atomic E-state index is 4.82. The number of anilines is 3. The van der Waals surface area contributed by atoms with E-state index in [2.05, 4.69) is 193 Å². The number of para-hydroxylation sites is 1. The van der Waals surface area contributed by atoms with Crippen LogP contribution < -0.4 is 4.90 Å². The molecule has 0 fully saturated rings. The van der Waals surface area contributed by atoms with Gasteiger partial charge in [-0.05, 0) is 96.9 Å². The maximum Gasteiger partial charge on any atom is 0.137 e. The third-order valence-corrected chi connectivity index (χ3v) is 9.71. The number of fused-ring (bicyclic) bond motifs is 2. The highest BCUT2D eigenvalue weighted by Crippen LogP contribution is 2.45. The molecule has 0 spiro atoms. The Kier molecular flexibility index (Phi) is 7.88. The molecule has 1 heterocycles. The van der Waals surface area contributed by atoms with Crippen LogP contribution in [-0.4, -0.2) is 4.98 Å². The molecule has 9 aromatic rings. The van der Waals surface area contributed by atoms with Crippen LogP contribution in [0.15, 0.2) is 206 Å². The highest BCUT2D eigenvalue weighted by molar-refractivity contribution is 6.21. The summed E-state index contributed by atoms with van der Waals surface area (Å²) in [7, 11) is 0. The van der Waals surface area contributed by atoms with Crippen LogP contribution in [0.25, 0.3) is 66.1 Å². The van der Waals surface area contributed by atoms with E-state index >= 15 is 0 Å². The molecule has 1 aromatic heterocycles. The van der Waals surface area contributed by atoms with E-state index in [1.807, 2.05) is 18.3 Å². The molecule has 0 amide bonds. The summed E-state index contributed by atoms with van der Waals surface area (Å²) >= 11 is 0. The molecule has 0 atom stereocenters. The average Bonchev–Trinajstić information content (AvgIpc) is 3.22. The van der Waals surface area contributed by atoms with E-state index in [0.717, 1.165) is 28.3 Å². The molecule has 9 rings (SSSR count). The van der Waals surface area contributed by atoms with Gasteiger partial charge in [-0.3, -0.25) is 4.90 Å². The standard InChI is InChI=1S/C49H34N2/c1-3-16-35(17-4-1)38-20-15-21-39(34-38)49-44-25-9-7-23-42(44)48(43-24-8-10-26-45(43)49)37-29-31-40(32-30-37)51(47-28-13-14-33-50-47)46-27-12-11-22-41(46)36-18-5-2-6-19-36/h1-34H. The lowest BCUT2D eigenvalue weighted by Gasteiger charge is -2.27. The van der Waals surface area contributed by atoms with Crippen LogP contribution in [0.2, 0.25) is 0 Å². The highest BCUT2D eigenvalue weighted by atomic mass is 15.2. The van der Waals surface area contributed by atoms with Gasteiger partial charge in [-0.15, -0.1) is 0 Å². The lowest BCUT2D eigenvalue weighted by atomic mass is 9.85. The molecule has 0 aliphatic rings. The zero-order valence-electron chi connectivity index (χ0n) is 28.0. The van der Waals surface area contributed by atoms with Gasteiger partial charge in [0.05, 0.1) is 5.69 Å². The van der Waals surface area contributed by atoms with Crippen LogP contribution in [0.4, 0.5) is 17.2 Å². The number of benzene rings is 8. The highest BCUT2D eigenvalue weighted by Gasteiger charge is 2.20. The maximum absolute atomic E-state index is 4.82. The fourth-order valence-corrected chi connectivity index (χ4v) is 7.42. The molecule has 0 aliphatic carbocycles. The lowest BCUT2D eigenvalue weighted by molar-refractivity contribution is 1.18. The van der Waals surface area contributed by atoms with E-state index in [1.54, 1.807) is 0 Å². The average molecular weight is 651 g/mol. The van der Waals surface area contributed by atoms with Crippen LogP contribution in [0, 0.1) is 0 Å². The van der Waals surface area contributed by atoms with Crippen molar-refractivity contribution in [3.63, 3.8) is 0 Å². The Balaban J connectivity index is 1.21. The molecule has 0 aliphatic heterocycles. The lowest BCUT2D eigenvalue weighted by Crippen LogP contribution is -2.12. The van der Waals surface area contributed by atoms with Gasteiger partial charge in [0.2, 0.25) is 0 Å². The SMILES string of the molecule is c1ccc(-c2cccc(-c3c4ccccc4c(-c4ccc(N(c5ccccn5)c5ccccc5-c5ccccc5)cc4)c4ccccc34)c2)cc1. The molecule has 0 radical (unpaired) electrons. The van der Waals surface area contributed by atoms with Gasteiger partial charge >= 0.3 is 0 Å². The topological polar surface area (TPSA) is 16.1 Å². The van der Waals surface area contributed by atoms with E-state index < -0.39 is 0 Å². The Morgan fingerprint density at radius 1 is 0.333 bits per heavy atom. The fraction of sp³-hybridized carbons (Fsp3) is 0. The second-order valence-corrected chi connectivity index (χ2v) is 12.7. The minimum Gasteiger partial charge on any atom is -0.294 e. The number of pyridine rings is 1. The molecule has 51 heavy (non-hydrogen) atoms. The van der Waals surface area contributed by atoms with Crippen molar-refractivity contribution >= 4 is 38.7 Å². The predicted octanol–water partition coefficient (Wildman–Crippen LogP) is 13.5. The van der Waals surface area contributed by atoms with Crippen LogP contribution in [0.3, 0.4) is 0 Å². The smallest absolute Gasteiger partial charge is 0.137 e. The summed E-state index contributed by atoms with van der Waals surface area (Å²) in [4.78, 5) is 7.07. The summed E-state index contributed by atoms with van der Waals surface area (Å²) in [5.41, 5.74) is 11.8. The van der Waals surface area contributed by atoms with Gasteiger partial charge in [0.25, 0.3) is 0 Å². The molecule has 0 saturated carbocycles. The molecular formula is C49H34N2. The molecule has 2 nitrogen and oxygen atoms in total. The van der Waals surface area contributed by atoms with Crippen LogP contribution >= 0.6 is 0 Å². The summed E-state index contributed by atoms with van der Waals surface area (Å²) in [6, 6.07) is 71.5. The first-order valence-corrected chi connectivity index (χ1v) is 17.4. The van der Waals surface area contributed by atoms with Crippen molar-refractivity contribution in [2.24, 2.45) is 0 Å². The van der Waals surface area contributed by atoms with Crippen LogP contribution in [0.5, 0.6) is 0 Å². The minimum absolute atomic E-state index is 0.867. The quantitative estimate of drug-likeness (QED) is 0.160. The molecule has 0 N–H and O–H groups in total. The van der Waals surface area contributed by atoms with Crippen molar-refractivity contribution in [3.8, 4) is 44.5 Å². The predicted molar refractivity (Wildman–Crippen MR) is 216 cm³/mol. The summed E-state index contributed by atoms with van der Waals surface area (Å²) in [5, 5.41) is 4.96. The van der Waals surface area contributed by atoms with E-state index in [-0.39, 0.29) is 0 Å². The Bertz CT molecular complexity index is 2560. The number of hydrogen-bond donors (Lipinski definition) is 0. The van der Waals surface area contributed by atoms with Gasteiger partial charge in [0, 0.05) is 17.4 Å². The first-order chi connectivity index (χ1) is 25.3. The van der Waals surface area contributed by atoms with Crippen molar-refractivity contribution in [2.75, 3.05) is 4.90 Å². The van der Waals surface area contributed by atoms with Gasteiger partial charge < -0.3 is 0 Å². The van der Waals surface area contributed by atoms with E-state index in [1.165, 1.54) is 54.9 Å². The van der Waals surface area contributed by atoms with Crippen molar-refractivity contribution in [2.45, 2.75) is 0 Å². The molecule has 8 aromatic carbocycles. The number of aromatic nitrogens is 1. The van der Waals surface area contributed by atoms with E-state index in [0.29, 0.717) is 0 Å². The first kappa shape index (κ1) is 30.3. The van der Waals surface area contributed by atoms with Crippen molar-refractivity contribution in [3.05, 3.63) is 206 Å². The van der Waals surface area contributed by atoms with Crippen molar-refractivity contribution in [1.82, 2.24) is 4.98 Å². The molecule has 0 unspecified atom stereocenters. The normalized spacial score (nSPS) is 11.1. The molecular weight excluding hydrogens is 617 g/mol. The second-order valence-electron chi connectivity index (χ2n) is 12.7. The second kappa shape index (κ2) is 13.3. The van der Waals surface area contributed by atoms with Crippen LogP contribution in [-0.2, 0) is 0 Å². The summed E-state index contributed by atoms with van der Waals surface area (Å²) in [5.74, 6) is 0.867. The number of rotatable bonds is 7. The summed E-state index contributed by atoms with van der Waals surface area (Å²) in [6.45, 7) is 0. The van der Waals surface area contributed by atoms with Gasteiger partial charge in [-0.1, -0.05) is 164 Å². The Morgan fingerprint density at radius 2 is 0.843 bits per heavy atom. The van der Waals surface area contributed by atoms with Gasteiger partial charge in [0.15, 0.2) is 0 Å². The Labute approximate surface area is 298 Å². The molecule has 0 bridgehead atoms. The molecule has 0 saturated heterocycles. The zero-order chi connectivity index (χ0) is 34.0. The summed E-state index contributed by atoms with van der Waals surface area (Å²) < 4.78 is 0. The minimum atomic E-state index is 0.867. The first-order valence-electron chi connectivity index (χ1n) is 17.4. The van der Waals surface area contributed by atoms with Crippen molar-refractivity contribution in [1.29, 1.82) is 0 Å². The van der Waals surface area contributed by atoms with E-state index in [9.17, 15) is 0 Å². The molecule has 240 valence electrons. The van der Waals surface area contributed by atoms with Gasteiger partial charge in [0.1, 0.15) is 5.82 Å². The molecule has 2 heteroatoms. The summed E-state index contributed by atoms with van der Waals surface area (Å²) in [6.07, 6.45) is 1.86. The fourth-order valence-electron chi connectivity index (χ4n) is 7.42. The van der Waals surface area contributed by atoms with Gasteiger partial charge in [-0.2, -0.15) is 0 Å². The van der Waals surface area contributed by atoms with Crippen LogP contribution in [0.1, 0.15) is 0 Å². The number of hydrogen-bond acceptors (Lipinski definition) is 2. The largest absolute Gasteiger partial charge is 0.294 e. The zero-order valence-corrected chi connectivity index (χ0v) is 28.0. The third-order valence-electron chi connectivity index (χ3n) is 9.71. The Hall–Kier alpha value is -6.77. The third kappa shape index (κ3) is 5.63. The number of nitrogens with zero attached hydrogens (tertiary/aromatic N) is 2. The van der Waals surface area contributed by atoms with E-state index in [4.69, 9.17) is 4.98 Å². The monoisotopic (exact) mass is 650 g/mol. The van der Waals surface area contributed by atoms with Crippen molar-refractivity contribution < 1.29 is 0 Å². The van der Waals surface area contributed by atoms with Gasteiger partial charge in [-0.25, -0.2) is 4.98 Å².